The lowest BCUT2D eigenvalue weighted by Crippen LogP contribution is -2.29. The van der Waals surface area contributed by atoms with Crippen molar-refractivity contribution in [3.63, 3.8) is 0 Å². The molecular weight excluding hydrogens is 356 g/mol. The molecule has 0 aliphatic carbocycles. The second-order valence-corrected chi connectivity index (χ2v) is 5.45. The first-order chi connectivity index (χ1) is 12.4. The van der Waals surface area contributed by atoms with Crippen LogP contribution in [0, 0.1) is 17.1 Å². The lowest BCUT2D eigenvalue weighted by atomic mass is 10.2. The molecule has 26 heavy (non-hydrogen) atoms. The summed E-state index contributed by atoms with van der Waals surface area (Å²) in [6, 6.07) is 6.51. The first kappa shape index (κ1) is 17.7. The number of nitrogens with zero attached hydrogens (tertiary/aromatic N) is 4. The Morgan fingerprint density at radius 3 is 2.73 bits per heavy atom. The van der Waals surface area contributed by atoms with Crippen LogP contribution in [-0.4, -0.2) is 29.5 Å². The van der Waals surface area contributed by atoms with E-state index in [4.69, 9.17) is 14.7 Å². The standard InChI is InChI=1S/C16H12F4N4O2/c17-11-7-22-14(6-21)23-15(11)24(4-3-16(18,19)20)8-10-1-2-12-13(5-10)26-9-25-12/h1-2,5,7H,3-4,8-9H2. The number of halogens is 4. The van der Waals surface area contributed by atoms with Gasteiger partial charge in [0, 0.05) is 13.1 Å². The van der Waals surface area contributed by atoms with Crippen molar-refractivity contribution in [2.24, 2.45) is 0 Å². The summed E-state index contributed by atoms with van der Waals surface area (Å²) in [5.41, 5.74) is 0.577. The number of benzene rings is 1. The normalized spacial score (nSPS) is 12.7. The Bertz CT molecular complexity index is 851. The molecule has 10 heteroatoms. The van der Waals surface area contributed by atoms with E-state index in [-0.39, 0.29) is 25.0 Å². The molecule has 1 aromatic heterocycles. The zero-order valence-electron chi connectivity index (χ0n) is 13.3. The van der Waals surface area contributed by atoms with Crippen molar-refractivity contribution in [2.45, 2.75) is 19.1 Å². The smallest absolute Gasteiger partial charge is 0.390 e. The van der Waals surface area contributed by atoms with Crippen LogP contribution in [0.25, 0.3) is 0 Å². The van der Waals surface area contributed by atoms with Crippen LogP contribution in [0.1, 0.15) is 17.8 Å². The van der Waals surface area contributed by atoms with Crippen LogP contribution in [0.4, 0.5) is 23.4 Å². The average Bonchev–Trinajstić information content (AvgIpc) is 3.06. The van der Waals surface area contributed by atoms with E-state index in [1.807, 2.05) is 0 Å². The van der Waals surface area contributed by atoms with Crippen LogP contribution in [0.2, 0.25) is 0 Å². The minimum absolute atomic E-state index is 0.0582. The Morgan fingerprint density at radius 2 is 2.00 bits per heavy atom. The predicted octanol–water partition coefficient (Wildman–Crippen LogP) is 3.18. The fourth-order valence-corrected chi connectivity index (χ4v) is 2.42. The van der Waals surface area contributed by atoms with Crippen molar-refractivity contribution in [2.75, 3.05) is 18.2 Å². The number of fused-ring (bicyclic) bond motifs is 1. The number of hydrogen-bond donors (Lipinski definition) is 0. The van der Waals surface area contributed by atoms with Gasteiger partial charge in [-0.2, -0.15) is 23.4 Å². The molecule has 2 aromatic rings. The Labute approximate surface area is 145 Å². The van der Waals surface area contributed by atoms with Gasteiger partial charge in [0.1, 0.15) is 6.07 Å². The van der Waals surface area contributed by atoms with Crippen LogP contribution in [0.15, 0.2) is 24.4 Å². The van der Waals surface area contributed by atoms with Gasteiger partial charge < -0.3 is 14.4 Å². The highest BCUT2D eigenvalue weighted by Crippen LogP contribution is 2.33. The Hall–Kier alpha value is -3.09. The van der Waals surface area contributed by atoms with Crippen LogP contribution in [0.3, 0.4) is 0 Å². The van der Waals surface area contributed by atoms with Crippen molar-refractivity contribution in [3.8, 4) is 17.6 Å². The fourth-order valence-electron chi connectivity index (χ4n) is 2.42. The third-order valence-electron chi connectivity index (χ3n) is 3.60. The van der Waals surface area contributed by atoms with Gasteiger partial charge in [-0.15, -0.1) is 0 Å². The van der Waals surface area contributed by atoms with Crippen LogP contribution in [-0.2, 0) is 6.54 Å². The maximum Gasteiger partial charge on any atom is 0.390 e. The first-order valence-electron chi connectivity index (χ1n) is 7.48. The molecule has 0 radical (unpaired) electrons. The zero-order valence-corrected chi connectivity index (χ0v) is 13.3. The maximum atomic E-state index is 14.1. The Kier molecular flexibility index (Phi) is 4.79. The molecule has 0 amide bonds. The lowest BCUT2D eigenvalue weighted by Gasteiger charge is -2.25. The van der Waals surface area contributed by atoms with E-state index in [2.05, 4.69) is 9.97 Å². The van der Waals surface area contributed by atoms with Crippen LogP contribution in [0.5, 0.6) is 11.5 Å². The van der Waals surface area contributed by atoms with Gasteiger partial charge in [-0.3, -0.25) is 0 Å². The molecule has 1 aliphatic heterocycles. The molecule has 0 unspecified atom stereocenters. The largest absolute Gasteiger partial charge is 0.454 e. The summed E-state index contributed by atoms with van der Waals surface area (Å²) in [5.74, 6) is -0.621. The zero-order chi connectivity index (χ0) is 18.7. The monoisotopic (exact) mass is 368 g/mol. The number of nitriles is 1. The highest BCUT2D eigenvalue weighted by Gasteiger charge is 2.29. The van der Waals surface area contributed by atoms with Gasteiger partial charge in [0.25, 0.3) is 0 Å². The molecule has 136 valence electrons. The second-order valence-electron chi connectivity index (χ2n) is 5.45. The molecule has 0 bridgehead atoms. The molecule has 6 nitrogen and oxygen atoms in total. The van der Waals surface area contributed by atoms with Gasteiger partial charge in [0.05, 0.1) is 12.6 Å². The molecule has 0 saturated heterocycles. The summed E-state index contributed by atoms with van der Waals surface area (Å²) in [4.78, 5) is 8.30. The number of aromatic nitrogens is 2. The van der Waals surface area contributed by atoms with Crippen molar-refractivity contribution in [3.05, 3.63) is 41.6 Å². The number of ether oxygens (including phenoxy) is 2. The number of anilines is 1. The topological polar surface area (TPSA) is 71.3 Å². The highest BCUT2D eigenvalue weighted by molar-refractivity contribution is 5.47. The predicted molar refractivity (Wildman–Crippen MR) is 81.0 cm³/mol. The van der Waals surface area contributed by atoms with Gasteiger partial charge in [-0.25, -0.2) is 9.37 Å². The Balaban J connectivity index is 1.89. The average molecular weight is 368 g/mol. The highest BCUT2D eigenvalue weighted by atomic mass is 19.4. The summed E-state index contributed by atoms with van der Waals surface area (Å²) in [7, 11) is 0. The molecule has 2 heterocycles. The molecule has 0 atom stereocenters. The second kappa shape index (κ2) is 7.03. The quantitative estimate of drug-likeness (QED) is 0.755. The third-order valence-corrected chi connectivity index (χ3v) is 3.60. The van der Waals surface area contributed by atoms with Crippen molar-refractivity contribution in [1.29, 1.82) is 5.26 Å². The van der Waals surface area contributed by atoms with Gasteiger partial charge in [-0.1, -0.05) is 6.07 Å². The molecule has 1 aromatic carbocycles. The third kappa shape index (κ3) is 4.11. The van der Waals surface area contributed by atoms with E-state index < -0.39 is 25.0 Å². The molecule has 0 saturated carbocycles. The molecule has 0 N–H and O–H groups in total. The number of hydrogen-bond acceptors (Lipinski definition) is 6. The first-order valence-corrected chi connectivity index (χ1v) is 7.48. The van der Waals surface area contributed by atoms with E-state index >= 15 is 0 Å². The fraction of sp³-hybridized carbons (Fsp3) is 0.312. The van der Waals surface area contributed by atoms with Gasteiger partial charge >= 0.3 is 6.18 Å². The molecule has 1 aliphatic rings. The number of rotatable bonds is 5. The molecule has 3 rings (SSSR count). The van der Waals surface area contributed by atoms with E-state index in [1.54, 1.807) is 24.3 Å². The lowest BCUT2D eigenvalue weighted by molar-refractivity contribution is -0.132. The van der Waals surface area contributed by atoms with E-state index in [9.17, 15) is 17.6 Å². The molecule has 0 spiro atoms. The summed E-state index contributed by atoms with van der Waals surface area (Å²) < 4.78 is 62.5. The minimum atomic E-state index is -4.42. The van der Waals surface area contributed by atoms with Gasteiger partial charge in [-0.05, 0) is 17.7 Å². The van der Waals surface area contributed by atoms with E-state index in [0.29, 0.717) is 17.1 Å². The van der Waals surface area contributed by atoms with Crippen molar-refractivity contribution < 1.29 is 27.0 Å². The minimum Gasteiger partial charge on any atom is -0.454 e. The Morgan fingerprint density at radius 1 is 1.23 bits per heavy atom. The summed E-state index contributed by atoms with van der Waals surface area (Å²) in [6.45, 7) is -0.537. The SMILES string of the molecule is N#Cc1ncc(F)c(N(CCC(F)(F)F)Cc2ccc3c(c2)OCO3)n1. The van der Waals surface area contributed by atoms with E-state index in [0.717, 1.165) is 11.1 Å². The van der Waals surface area contributed by atoms with Crippen LogP contribution >= 0.6 is 0 Å². The maximum absolute atomic E-state index is 14.1. The summed E-state index contributed by atoms with van der Waals surface area (Å²) in [6.07, 6.45) is -4.82. The van der Waals surface area contributed by atoms with Crippen molar-refractivity contribution >= 4 is 5.82 Å². The van der Waals surface area contributed by atoms with Crippen LogP contribution < -0.4 is 14.4 Å². The van der Waals surface area contributed by atoms with Gasteiger partial charge in [0.15, 0.2) is 23.1 Å². The molecule has 0 fully saturated rings. The van der Waals surface area contributed by atoms with E-state index in [1.165, 1.54) is 0 Å². The van der Waals surface area contributed by atoms with Gasteiger partial charge in [0.2, 0.25) is 12.6 Å². The summed E-state index contributed by atoms with van der Waals surface area (Å²) >= 11 is 0. The molecular formula is C16H12F4N4O2. The van der Waals surface area contributed by atoms with Crippen molar-refractivity contribution in [1.82, 2.24) is 9.97 Å². The number of alkyl halides is 3. The summed E-state index contributed by atoms with van der Waals surface area (Å²) in [5, 5.41) is 8.86.